The number of halogens is 1. The minimum atomic E-state index is -0.273. The van der Waals surface area contributed by atoms with E-state index >= 15 is 0 Å². The quantitative estimate of drug-likeness (QED) is 0.758. The summed E-state index contributed by atoms with van der Waals surface area (Å²) in [5, 5.41) is 3.05. The first kappa shape index (κ1) is 20.0. The van der Waals surface area contributed by atoms with Crippen molar-refractivity contribution < 1.29 is 9.18 Å². The van der Waals surface area contributed by atoms with Crippen molar-refractivity contribution in [2.24, 2.45) is 0 Å². The van der Waals surface area contributed by atoms with Crippen LogP contribution in [0, 0.1) is 5.82 Å². The molecular formula is C21H30FN3O. The van der Waals surface area contributed by atoms with Gasteiger partial charge in [0.15, 0.2) is 0 Å². The lowest BCUT2D eigenvalue weighted by molar-refractivity contribution is 0.183. The van der Waals surface area contributed by atoms with E-state index in [1.54, 1.807) is 12.1 Å². The summed E-state index contributed by atoms with van der Waals surface area (Å²) in [4.78, 5) is 14.5. The Morgan fingerprint density at radius 2 is 2.00 bits per heavy atom. The van der Waals surface area contributed by atoms with Crippen molar-refractivity contribution in [1.29, 1.82) is 0 Å². The molecule has 0 aliphatic rings. The highest BCUT2D eigenvalue weighted by atomic mass is 19.1. The zero-order valence-electron chi connectivity index (χ0n) is 16.3. The van der Waals surface area contributed by atoms with Crippen LogP contribution < -0.4 is 5.32 Å². The Bertz CT molecular complexity index is 718. The molecular weight excluding hydrogens is 329 g/mol. The van der Waals surface area contributed by atoms with Gasteiger partial charge in [-0.25, -0.2) is 9.18 Å². The van der Waals surface area contributed by atoms with E-state index in [1.807, 2.05) is 50.1 Å². The highest BCUT2D eigenvalue weighted by Crippen LogP contribution is 2.13. The van der Waals surface area contributed by atoms with Gasteiger partial charge < -0.3 is 14.8 Å². The fourth-order valence-electron chi connectivity index (χ4n) is 2.78. The van der Waals surface area contributed by atoms with Crippen LogP contribution in [0.5, 0.6) is 0 Å². The van der Waals surface area contributed by atoms with E-state index in [1.165, 1.54) is 6.07 Å². The number of unbranched alkanes of at least 4 members (excludes halogenated alkanes) is 1. The van der Waals surface area contributed by atoms with Crippen molar-refractivity contribution in [3.63, 3.8) is 0 Å². The first-order valence-electron chi connectivity index (χ1n) is 9.24. The molecule has 0 fully saturated rings. The summed E-state index contributed by atoms with van der Waals surface area (Å²) in [6, 6.07) is 10.6. The minimum absolute atomic E-state index is 0.0514. The van der Waals surface area contributed by atoms with Gasteiger partial charge in [0.25, 0.3) is 0 Å². The average molecular weight is 359 g/mol. The van der Waals surface area contributed by atoms with E-state index in [0.29, 0.717) is 19.6 Å². The fraction of sp³-hybridized carbons (Fsp3) is 0.476. The average Bonchev–Trinajstić information content (AvgIpc) is 2.96. The third-order valence-corrected chi connectivity index (χ3v) is 4.07. The van der Waals surface area contributed by atoms with Gasteiger partial charge in [-0.1, -0.05) is 25.5 Å². The smallest absolute Gasteiger partial charge is 0.318 e. The van der Waals surface area contributed by atoms with Gasteiger partial charge in [-0.15, -0.1) is 0 Å². The monoisotopic (exact) mass is 359 g/mol. The molecule has 0 saturated carbocycles. The molecule has 142 valence electrons. The van der Waals surface area contributed by atoms with Crippen LogP contribution in [0.3, 0.4) is 0 Å². The lowest BCUT2D eigenvalue weighted by Gasteiger charge is -2.29. The van der Waals surface area contributed by atoms with Crippen molar-refractivity contribution in [3.05, 3.63) is 59.7 Å². The number of carbonyl (C=O) groups is 1. The van der Waals surface area contributed by atoms with Crippen molar-refractivity contribution >= 4 is 6.03 Å². The first-order valence-corrected chi connectivity index (χ1v) is 9.24. The largest absolute Gasteiger partial charge is 0.345 e. The van der Waals surface area contributed by atoms with Crippen molar-refractivity contribution in [2.75, 3.05) is 6.54 Å². The van der Waals surface area contributed by atoms with Gasteiger partial charge in [-0.3, -0.25) is 0 Å². The normalized spacial score (nSPS) is 11.4. The second-order valence-corrected chi connectivity index (χ2v) is 7.71. The molecule has 2 amide bonds. The standard InChI is InChI=1S/C21H30FN3O/c1-5-6-12-25(20(26)23-21(2,3)4)16-19-11-8-13-24(19)15-17-9-7-10-18(22)14-17/h7-11,13-14H,5-6,12,15-16H2,1-4H3,(H,23,26). The number of benzene rings is 1. The van der Waals surface area contributed by atoms with Gasteiger partial charge in [-0.05, 0) is 57.0 Å². The van der Waals surface area contributed by atoms with Crippen molar-refractivity contribution in [2.45, 2.75) is 59.2 Å². The van der Waals surface area contributed by atoms with E-state index in [0.717, 1.165) is 24.1 Å². The van der Waals surface area contributed by atoms with Crippen LogP contribution in [-0.2, 0) is 13.1 Å². The summed E-state index contributed by atoms with van der Waals surface area (Å²) < 4.78 is 15.5. The Kier molecular flexibility index (Phi) is 6.83. The Morgan fingerprint density at radius 3 is 2.65 bits per heavy atom. The van der Waals surface area contributed by atoms with Crippen molar-refractivity contribution in [3.8, 4) is 0 Å². The lowest BCUT2D eigenvalue weighted by Crippen LogP contribution is -2.48. The van der Waals surface area contributed by atoms with E-state index in [9.17, 15) is 9.18 Å². The maximum absolute atomic E-state index is 13.4. The number of nitrogens with one attached hydrogen (secondary N) is 1. The zero-order chi connectivity index (χ0) is 19.2. The predicted molar refractivity (Wildman–Crippen MR) is 104 cm³/mol. The van der Waals surface area contributed by atoms with Crippen LogP contribution in [0.25, 0.3) is 0 Å². The fourth-order valence-corrected chi connectivity index (χ4v) is 2.78. The molecule has 0 unspecified atom stereocenters. The van der Waals surface area contributed by atoms with Crippen LogP contribution in [0.2, 0.25) is 0 Å². The van der Waals surface area contributed by atoms with Crippen LogP contribution in [0.4, 0.5) is 9.18 Å². The van der Waals surface area contributed by atoms with Gasteiger partial charge in [0.05, 0.1) is 6.54 Å². The Morgan fingerprint density at radius 1 is 1.23 bits per heavy atom. The molecule has 2 aromatic rings. The maximum Gasteiger partial charge on any atom is 0.318 e. The summed E-state index contributed by atoms with van der Waals surface area (Å²) in [6.45, 7) is 9.89. The third kappa shape index (κ3) is 6.21. The van der Waals surface area contributed by atoms with Crippen LogP contribution in [0.1, 0.15) is 51.8 Å². The molecule has 2 rings (SSSR count). The molecule has 1 heterocycles. The molecule has 0 radical (unpaired) electrons. The van der Waals surface area contributed by atoms with Crippen molar-refractivity contribution in [1.82, 2.24) is 14.8 Å². The van der Waals surface area contributed by atoms with E-state index in [-0.39, 0.29) is 17.4 Å². The maximum atomic E-state index is 13.4. The van der Waals surface area contributed by atoms with Gasteiger partial charge in [-0.2, -0.15) is 0 Å². The highest BCUT2D eigenvalue weighted by Gasteiger charge is 2.20. The molecule has 1 N–H and O–H groups in total. The highest BCUT2D eigenvalue weighted by molar-refractivity contribution is 5.74. The molecule has 4 nitrogen and oxygen atoms in total. The number of carbonyl (C=O) groups excluding carboxylic acids is 1. The molecule has 0 aliphatic carbocycles. The summed E-state index contributed by atoms with van der Waals surface area (Å²) >= 11 is 0. The Labute approximate surface area is 156 Å². The van der Waals surface area contributed by atoms with Gasteiger partial charge in [0, 0.05) is 30.5 Å². The lowest BCUT2D eigenvalue weighted by atomic mass is 10.1. The molecule has 0 spiro atoms. The third-order valence-electron chi connectivity index (χ3n) is 4.07. The molecule has 5 heteroatoms. The van der Waals surface area contributed by atoms with E-state index in [4.69, 9.17) is 0 Å². The summed E-state index contributed by atoms with van der Waals surface area (Å²) in [6.07, 6.45) is 3.96. The van der Waals surface area contributed by atoms with Gasteiger partial charge >= 0.3 is 6.03 Å². The number of rotatable bonds is 7. The topological polar surface area (TPSA) is 37.3 Å². The number of nitrogens with zero attached hydrogens (tertiary/aromatic N) is 2. The summed E-state index contributed by atoms with van der Waals surface area (Å²) in [5.41, 5.74) is 1.67. The molecule has 1 aromatic carbocycles. The minimum Gasteiger partial charge on any atom is -0.345 e. The zero-order valence-corrected chi connectivity index (χ0v) is 16.3. The van der Waals surface area contributed by atoms with Crippen LogP contribution >= 0.6 is 0 Å². The SMILES string of the molecule is CCCCN(Cc1cccn1Cc1cccc(F)c1)C(=O)NC(C)(C)C. The summed E-state index contributed by atoms with van der Waals surface area (Å²) in [7, 11) is 0. The number of amides is 2. The molecule has 0 bridgehead atoms. The molecule has 0 saturated heterocycles. The second-order valence-electron chi connectivity index (χ2n) is 7.71. The predicted octanol–water partition coefficient (Wildman–Crippen LogP) is 4.79. The first-order chi connectivity index (χ1) is 12.3. The van der Waals surface area contributed by atoms with Crippen LogP contribution in [0.15, 0.2) is 42.6 Å². The second kappa shape index (κ2) is 8.88. The Balaban J connectivity index is 2.13. The number of aromatic nitrogens is 1. The summed E-state index contributed by atoms with van der Waals surface area (Å²) in [5.74, 6) is -0.231. The number of urea groups is 1. The molecule has 0 atom stereocenters. The number of hydrogen-bond acceptors (Lipinski definition) is 1. The van der Waals surface area contributed by atoms with Gasteiger partial charge in [0.2, 0.25) is 0 Å². The number of hydrogen-bond donors (Lipinski definition) is 1. The Hall–Kier alpha value is -2.30. The van der Waals surface area contributed by atoms with E-state index in [2.05, 4.69) is 16.8 Å². The van der Waals surface area contributed by atoms with E-state index < -0.39 is 0 Å². The van der Waals surface area contributed by atoms with Gasteiger partial charge in [0.1, 0.15) is 5.82 Å². The van der Waals surface area contributed by atoms with Crippen LogP contribution in [-0.4, -0.2) is 27.6 Å². The molecule has 1 aromatic heterocycles. The molecule has 0 aliphatic heterocycles. The molecule has 26 heavy (non-hydrogen) atoms.